The van der Waals surface area contributed by atoms with Gasteiger partial charge >= 0.3 is 0 Å². The SMILES string of the molecule is CC(C)(C)c1ccnc(-c2[c-]cc(CCc3cc(CCc4ccc(-c5cc(C(C)(C)C)ccn5)cc4)cc(-c4ccccc4-c4c[c-]c(-c5ccccn5)cc4-c4ccc(-c5cc(C#N)c(C#N)c(C#N)c5)cc4)c3)cc2)c1.[Ir]. The number of pyridine rings is 3. The topological polar surface area (TPSA) is 110 Å². The van der Waals surface area contributed by atoms with Crippen LogP contribution in [-0.2, 0) is 56.6 Å². The van der Waals surface area contributed by atoms with Crippen LogP contribution in [0.5, 0.6) is 0 Å². The quantitative estimate of drug-likeness (QED) is 0.106. The summed E-state index contributed by atoms with van der Waals surface area (Å²) in [5.74, 6) is 0. The molecule has 387 valence electrons. The summed E-state index contributed by atoms with van der Waals surface area (Å²) in [6.07, 6.45) is 9.04. The fourth-order valence-electron chi connectivity index (χ4n) is 10.0. The number of rotatable bonds is 13. The predicted molar refractivity (Wildman–Crippen MR) is 315 cm³/mol. The summed E-state index contributed by atoms with van der Waals surface area (Å²) in [6.45, 7) is 13.4. The molecule has 0 aliphatic carbocycles. The molecule has 0 bridgehead atoms. The summed E-state index contributed by atoms with van der Waals surface area (Å²) in [4.78, 5) is 14.1. The van der Waals surface area contributed by atoms with Crippen LogP contribution < -0.4 is 0 Å². The molecule has 6 nitrogen and oxygen atoms in total. The number of hydrogen-bond donors (Lipinski definition) is 0. The van der Waals surface area contributed by atoms with Crippen LogP contribution in [0.3, 0.4) is 0 Å². The van der Waals surface area contributed by atoms with Gasteiger partial charge in [-0.1, -0.05) is 174 Å². The van der Waals surface area contributed by atoms with E-state index in [0.29, 0.717) is 5.56 Å². The number of hydrogen-bond acceptors (Lipinski definition) is 6. The molecular formula is C72H58IrN6-2. The Hall–Kier alpha value is -8.89. The molecule has 0 amide bonds. The van der Waals surface area contributed by atoms with E-state index < -0.39 is 0 Å². The van der Waals surface area contributed by atoms with E-state index in [1.54, 1.807) is 18.3 Å². The summed E-state index contributed by atoms with van der Waals surface area (Å²) in [5, 5.41) is 29.5. The molecule has 3 heterocycles. The molecule has 10 rings (SSSR count). The third kappa shape index (κ3) is 12.6. The molecule has 0 unspecified atom stereocenters. The maximum absolute atomic E-state index is 9.88. The first-order chi connectivity index (χ1) is 37.7. The van der Waals surface area contributed by atoms with Gasteiger partial charge in [-0.3, -0.25) is 4.98 Å². The minimum atomic E-state index is 0. The number of nitriles is 3. The zero-order valence-corrected chi connectivity index (χ0v) is 47.7. The van der Waals surface area contributed by atoms with Crippen LogP contribution >= 0.6 is 0 Å². The first-order valence-corrected chi connectivity index (χ1v) is 26.5. The number of benzene rings is 7. The number of aryl methyl sites for hydroxylation is 4. The van der Waals surface area contributed by atoms with Gasteiger partial charge in [0.1, 0.15) is 18.2 Å². The van der Waals surface area contributed by atoms with E-state index in [0.717, 1.165) is 98.4 Å². The van der Waals surface area contributed by atoms with Crippen molar-refractivity contribution in [3.8, 4) is 96.5 Å². The average molecular weight is 1200 g/mol. The molecule has 0 N–H and O–H groups in total. The summed E-state index contributed by atoms with van der Waals surface area (Å²) >= 11 is 0. The van der Waals surface area contributed by atoms with E-state index in [1.807, 2.05) is 48.8 Å². The maximum Gasteiger partial charge on any atom is 0.102 e. The van der Waals surface area contributed by atoms with Gasteiger partial charge in [0.05, 0.1) is 22.4 Å². The second kappa shape index (κ2) is 23.8. The van der Waals surface area contributed by atoms with Crippen LogP contribution in [0.15, 0.2) is 195 Å². The molecule has 10 aromatic rings. The van der Waals surface area contributed by atoms with Gasteiger partial charge in [-0.15, -0.1) is 59.2 Å². The van der Waals surface area contributed by atoms with E-state index in [-0.39, 0.29) is 47.6 Å². The van der Waals surface area contributed by atoms with E-state index >= 15 is 0 Å². The second-order valence-corrected chi connectivity index (χ2v) is 22.0. The smallest absolute Gasteiger partial charge is 0.102 e. The van der Waals surface area contributed by atoms with E-state index in [4.69, 9.17) is 15.0 Å². The molecule has 3 aromatic heterocycles. The van der Waals surface area contributed by atoms with Gasteiger partial charge in [0.25, 0.3) is 0 Å². The Kier molecular flexibility index (Phi) is 16.5. The van der Waals surface area contributed by atoms with Crippen LogP contribution in [0.2, 0.25) is 0 Å². The monoisotopic (exact) mass is 1200 g/mol. The molecule has 0 saturated heterocycles. The third-order valence-corrected chi connectivity index (χ3v) is 14.6. The van der Waals surface area contributed by atoms with E-state index in [1.165, 1.54) is 33.4 Å². The van der Waals surface area contributed by atoms with Gasteiger partial charge in [0.2, 0.25) is 0 Å². The summed E-state index contributed by atoms with van der Waals surface area (Å²) < 4.78 is 0. The fourth-order valence-corrected chi connectivity index (χ4v) is 10.0. The Morgan fingerprint density at radius 1 is 0.380 bits per heavy atom. The maximum atomic E-state index is 9.88. The zero-order chi connectivity index (χ0) is 54.4. The largest absolute Gasteiger partial charge is 0.305 e. The number of nitrogens with zero attached hydrogens (tertiary/aromatic N) is 6. The minimum absolute atomic E-state index is 0. The van der Waals surface area contributed by atoms with Crippen molar-refractivity contribution in [2.24, 2.45) is 0 Å². The van der Waals surface area contributed by atoms with Crippen molar-refractivity contribution in [1.29, 1.82) is 15.8 Å². The van der Waals surface area contributed by atoms with Crippen molar-refractivity contribution in [3.63, 3.8) is 0 Å². The molecule has 1 radical (unpaired) electrons. The van der Waals surface area contributed by atoms with Gasteiger partial charge in [0.15, 0.2) is 0 Å². The molecule has 0 atom stereocenters. The minimum Gasteiger partial charge on any atom is -0.305 e. The van der Waals surface area contributed by atoms with Crippen LogP contribution in [0.1, 0.15) is 91.6 Å². The molecule has 0 fully saturated rings. The Morgan fingerprint density at radius 3 is 1.52 bits per heavy atom. The van der Waals surface area contributed by atoms with Crippen LogP contribution in [0, 0.1) is 46.1 Å². The van der Waals surface area contributed by atoms with E-state index in [9.17, 15) is 15.8 Å². The molecule has 0 saturated carbocycles. The van der Waals surface area contributed by atoms with Crippen LogP contribution in [0.25, 0.3) is 78.3 Å². The second-order valence-electron chi connectivity index (χ2n) is 22.0. The standard InChI is InChI=1S/C72H58N6.Ir/c1-71(2,3)61-32-35-77-69(43-61)54-22-18-48(19-23-54)14-16-50-37-51(17-15-49-20-24-55(25-21-49)70-44-62(33-36-78-70)72(4,5)6)39-58(38-50)63-11-7-8-12-64(63)65-31-30-56(68-13-9-10-34-76-68)42-66(65)53-28-26-52(27-29-53)57-40-59(45-73)67(47-75)60(41-57)46-74;/h7-13,18-24,26-29,31-44H,14-17H2,1-6H3;/q-2;. The fraction of sp³-hybridized carbons (Fsp3) is 0.167. The molecule has 0 aliphatic heterocycles. The van der Waals surface area contributed by atoms with Gasteiger partial charge in [-0.05, 0) is 134 Å². The van der Waals surface area contributed by atoms with Crippen LogP contribution in [0.4, 0.5) is 0 Å². The summed E-state index contributed by atoms with van der Waals surface area (Å²) in [7, 11) is 0. The molecule has 0 aliphatic rings. The van der Waals surface area contributed by atoms with Crippen molar-refractivity contribution in [2.45, 2.75) is 78.1 Å². The molecule has 0 spiro atoms. The summed E-state index contributed by atoms with van der Waals surface area (Å²) in [5.41, 5.74) is 21.6. The van der Waals surface area contributed by atoms with Gasteiger partial charge in [0, 0.05) is 44.3 Å². The predicted octanol–water partition coefficient (Wildman–Crippen LogP) is 16.9. The van der Waals surface area contributed by atoms with Crippen molar-refractivity contribution in [3.05, 3.63) is 257 Å². The van der Waals surface area contributed by atoms with Gasteiger partial charge in [-0.2, -0.15) is 15.8 Å². The molecule has 7 aromatic carbocycles. The first kappa shape index (κ1) is 54.9. The normalized spacial score (nSPS) is 11.2. The third-order valence-electron chi connectivity index (χ3n) is 14.6. The number of aromatic nitrogens is 3. The van der Waals surface area contributed by atoms with E-state index in [2.05, 4.69) is 199 Å². The van der Waals surface area contributed by atoms with Crippen LogP contribution in [-0.4, -0.2) is 15.0 Å². The Balaban J connectivity index is 0.00000757. The van der Waals surface area contributed by atoms with Crippen molar-refractivity contribution in [1.82, 2.24) is 15.0 Å². The van der Waals surface area contributed by atoms with Crippen molar-refractivity contribution >= 4 is 0 Å². The molecular weight excluding hydrogens is 1140 g/mol. The van der Waals surface area contributed by atoms with Gasteiger partial charge < -0.3 is 9.97 Å². The van der Waals surface area contributed by atoms with Gasteiger partial charge in [-0.25, -0.2) is 0 Å². The first-order valence-electron chi connectivity index (χ1n) is 26.5. The Labute approximate surface area is 479 Å². The Morgan fingerprint density at radius 2 is 0.924 bits per heavy atom. The van der Waals surface area contributed by atoms with Crippen molar-refractivity contribution < 1.29 is 20.1 Å². The molecule has 79 heavy (non-hydrogen) atoms. The van der Waals surface area contributed by atoms with Crippen molar-refractivity contribution in [2.75, 3.05) is 0 Å². The average Bonchev–Trinajstić information content (AvgIpc) is 3.55. The summed E-state index contributed by atoms with van der Waals surface area (Å²) in [6, 6.07) is 74.7. The zero-order valence-electron chi connectivity index (χ0n) is 45.3. The molecule has 7 heteroatoms. The Bertz CT molecular complexity index is 3780.